The quantitative estimate of drug-likeness (QED) is 0.625. The number of rotatable bonds is 9. The Hall–Kier alpha value is -1.71. The van der Waals surface area contributed by atoms with E-state index < -0.39 is 12.0 Å². The Labute approximate surface area is 171 Å². The van der Waals surface area contributed by atoms with Gasteiger partial charge in [-0.15, -0.1) is 11.3 Å². The number of urea groups is 1. The number of aromatic nitrogens is 1. The van der Waals surface area contributed by atoms with Crippen LogP contribution >= 0.6 is 11.3 Å². The molecule has 0 saturated carbocycles. The minimum absolute atomic E-state index is 0.287. The molecule has 1 atom stereocenters. The molecule has 0 aromatic carbocycles. The first kappa shape index (κ1) is 22.6. The lowest BCUT2D eigenvalue weighted by Crippen LogP contribution is -2.49. The largest absolute Gasteiger partial charge is 0.464 e. The molecule has 158 valence electrons. The summed E-state index contributed by atoms with van der Waals surface area (Å²) in [6, 6.07) is -0.974. The van der Waals surface area contributed by atoms with Crippen molar-refractivity contribution in [3.63, 3.8) is 0 Å². The number of ether oxygens (including phenoxy) is 2. The van der Waals surface area contributed by atoms with Crippen molar-refractivity contribution < 1.29 is 19.1 Å². The van der Waals surface area contributed by atoms with Gasteiger partial charge < -0.3 is 19.7 Å². The summed E-state index contributed by atoms with van der Waals surface area (Å²) in [4.78, 5) is 33.2. The summed E-state index contributed by atoms with van der Waals surface area (Å²) >= 11 is 1.60. The Morgan fingerprint density at radius 3 is 2.71 bits per heavy atom. The SMILES string of the molecule is CCOC(=O)C(CCN1CCOCC1)NC(=O)N(C)Cc1csc(C(C)C)n1. The van der Waals surface area contributed by atoms with Crippen LogP contribution < -0.4 is 5.32 Å². The van der Waals surface area contributed by atoms with E-state index in [1.165, 1.54) is 0 Å². The van der Waals surface area contributed by atoms with Crippen molar-refractivity contribution in [1.82, 2.24) is 20.1 Å². The minimum atomic E-state index is -0.667. The summed E-state index contributed by atoms with van der Waals surface area (Å²) in [5.74, 6) is -0.0282. The summed E-state index contributed by atoms with van der Waals surface area (Å²) in [6.45, 7) is 10.4. The predicted octanol–water partition coefficient (Wildman–Crippen LogP) is 2.06. The molecule has 2 rings (SSSR count). The van der Waals surface area contributed by atoms with Gasteiger partial charge in [-0.1, -0.05) is 13.8 Å². The second-order valence-corrected chi connectivity index (χ2v) is 8.07. The van der Waals surface area contributed by atoms with Gasteiger partial charge in [-0.25, -0.2) is 14.6 Å². The summed E-state index contributed by atoms with van der Waals surface area (Å²) in [5, 5.41) is 5.85. The maximum atomic E-state index is 12.6. The van der Waals surface area contributed by atoms with Crippen molar-refractivity contribution in [2.75, 3.05) is 46.5 Å². The van der Waals surface area contributed by atoms with Gasteiger partial charge in [0.15, 0.2) is 0 Å². The lowest BCUT2D eigenvalue weighted by molar-refractivity contribution is -0.145. The number of amides is 2. The molecule has 0 radical (unpaired) electrons. The molecular formula is C19H32N4O4S. The van der Waals surface area contributed by atoms with Crippen LogP contribution in [0.3, 0.4) is 0 Å². The molecule has 1 unspecified atom stereocenters. The molecule has 1 aliphatic heterocycles. The van der Waals surface area contributed by atoms with Gasteiger partial charge in [0.2, 0.25) is 0 Å². The fraction of sp³-hybridized carbons (Fsp3) is 0.737. The number of carbonyl (C=O) groups is 2. The maximum absolute atomic E-state index is 12.6. The van der Waals surface area contributed by atoms with Crippen LogP contribution in [0, 0.1) is 0 Å². The molecule has 1 saturated heterocycles. The lowest BCUT2D eigenvalue weighted by Gasteiger charge is -2.28. The van der Waals surface area contributed by atoms with Crippen LogP contribution in [-0.2, 0) is 20.8 Å². The molecule has 2 amide bonds. The lowest BCUT2D eigenvalue weighted by atomic mass is 10.2. The number of hydrogen-bond acceptors (Lipinski definition) is 7. The average Bonchev–Trinajstić information content (AvgIpc) is 3.14. The van der Waals surface area contributed by atoms with E-state index in [2.05, 4.69) is 29.0 Å². The Morgan fingerprint density at radius 2 is 2.11 bits per heavy atom. The maximum Gasteiger partial charge on any atom is 0.328 e. The third-order valence-corrected chi connectivity index (χ3v) is 5.71. The van der Waals surface area contributed by atoms with E-state index in [9.17, 15) is 9.59 Å². The van der Waals surface area contributed by atoms with Gasteiger partial charge in [0.25, 0.3) is 0 Å². The minimum Gasteiger partial charge on any atom is -0.464 e. The molecular weight excluding hydrogens is 380 g/mol. The van der Waals surface area contributed by atoms with Gasteiger partial charge in [-0.05, 0) is 13.3 Å². The summed E-state index contributed by atoms with van der Waals surface area (Å²) in [7, 11) is 1.70. The second-order valence-electron chi connectivity index (χ2n) is 7.18. The van der Waals surface area contributed by atoms with Gasteiger partial charge in [0.05, 0.1) is 37.1 Å². The summed E-state index contributed by atoms with van der Waals surface area (Å²) in [6.07, 6.45) is 0.507. The highest BCUT2D eigenvalue weighted by atomic mass is 32.1. The van der Waals surface area contributed by atoms with E-state index in [1.807, 2.05) is 5.38 Å². The highest BCUT2D eigenvalue weighted by Crippen LogP contribution is 2.19. The first-order chi connectivity index (χ1) is 13.4. The average molecular weight is 413 g/mol. The molecule has 0 spiro atoms. The van der Waals surface area contributed by atoms with Gasteiger partial charge in [-0.2, -0.15) is 0 Å². The Balaban J connectivity index is 1.90. The molecule has 2 heterocycles. The predicted molar refractivity (Wildman–Crippen MR) is 108 cm³/mol. The van der Waals surface area contributed by atoms with Crippen LogP contribution in [0.1, 0.15) is 43.8 Å². The van der Waals surface area contributed by atoms with Crippen LogP contribution in [-0.4, -0.2) is 79.3 Å². The molecule has 1 aromatic heterocycles. The summed E-state index contributed by atoms with van der Waals surface area (Å²) in [5.41, 5.74) is 0.854. The molecule has 1 aromatic rings. The molecule has 1 N–H and O–H groups in total. The molecule has 0 bridgehead atoms. The highest BCUT2D eigenvalue weighted by molar-refractivity contribution is 7.09. The zero-order valence-electron chi connectivity index (χ0n) is 17.3. The number of nitrogens with zero attached hydrogens (tertiary/aromatic N) is 3. The first-order valence-corrected chi connectivity index (χ1v) is 10.7. The van der Waals surface area contributed by atoms with E-state index in [1.54, 1.807) is 30.2 Å². The Morgan fingerprint density at radius 1 is 1.39 bits per heavy atom. The number of carbonyl (C=O) groups excluding carboxylic acids is 2. The molecule has 1 aliphatic rings. The van der Waals surface area contributed by atoms with Gasteiger partial charge in [-0.3, -0.25) is 4.90 Å². The van der Waals surface area contributed by atoms with E-state index in [-0.39, 0.29) is 12.6 Å². The van der Waals surface area contributed by atoms with Crippen LogP contribution in [0.15, 0.2) is 5.38 Å². The van der Waals surface area contributed by atoms with Crippen molar-refractivity contribution >= 4 is 23.3 Å². The van der Waals surface area contributed by atoms with Crippen LogP contribution in [0.2, 0.25) is 0 Å². The van der Waals surface area contributed by atoms with E-state index >= 15 is 0 Å². The highest BCUT2D eigenvalue weighted by Gasteiger charge is 2.25. The third-order valence-electron chi connectivity index (χ3n) is 4.52. The Kier molecular flexibility index (Phi) is 9.14. The third kappa shape index (κ3) is 7.03. The van der Waals surface area contributed by atoms with Gasteiger partial charge >= 0.3 is 12.0 Å². The van der Waals surface area contributed by atoms with Crippen molar-refractivity contribution in [3.05, 3.63) is 16.1 Å². The molecule has 9 heteroatoms. The second kappa shape index (κ2) is 11.3. The zero-order chi connectivity index (χ0) is 20.5. The van der Waals surface area contributed by atoms with Gasteiger partial charge in [0.1, 0.15) is 6.04 Å². The van der Waals surface area contributed by atoms with Crippen LogP contribution in [0.25, 0.3) is 0 Å². The Bertz CT molecular complexity index is 631. The normalized spacial score (nSPS) is 16.0. The molecule has 1 fully saturated rings. The van der Waals surface area contributed by atoms with Crippen molar-refractivity contribution in [2.45, 2.75) is 45.7 Å². The number of nitrogens with one attached hydrogen (secondary N) is 1. The number of esters is 1. The monoisotopic (exact) mass is 412 g/mol. The van der Waals surface area contributed by atoms with Crippen molar-refractivity contribution in [3.8, 4) is 0 Å². The van der Waals surface area contributed by atoms with Gasteiger partial charge in [0, 0.05) is 38.0 Å². The summed E-state index contributed by atoms with van der Waals surface area (Å²) < 4.78 is 10.5. The smallest absolute Gasteiger partial charge is 0.328 e. The zero-order valence-corrected chi connectivity index (χ0v) is 18.1. The molecule has 28 heavy (non-hydrogen) atoms. The van der Waals surface area contributed by atoms with E-state index in [0.717, 1.165) is 23.8 Å². The topological polar surface area (TPSA) is 84.0 Å². The fourth-order valence-corrected chi connectivity index (χ4v) is 3.69. The molecule has 0 aliphatic carbocycles. The van der Waals surface area contributed by atoms with E-state index in [4.69, 9.17) is 9.47 Å². The van der Waals surface area contributed by atoms with Crippen molar-refractivity contribution in [1.29, 1.82) is 0 Å². The molecule has 8 nitrogen and oxygen atoms in total. The first-order valence-electron chi connectivity index (χ1n) is 9.83. The van der Waals surface area contributed by atoms with Crippen molar-refractivity contribution in [2.24, 2.45) is 0 Å². The fourth-order valence-electron chi connectivity index (χ4n) is 2.86. The van der Waals surface area contributed by atoms with E-state index in [0.29, 0.717) is 38.6 Å². The van der Waals surface area contributed by atoms with Crippen LogP contribution in [0.4, 0.5) is 4.79 Å². The number of thiazole rings is 1. The number of hydrogen-bond donors (Lipinski definition) is 1. The number of morpholine rings is 1. The standard InChI is InChI=1S/C19H32N4O4S/c1-5-27-18(24)16(6-7-23-8-10-26-11-9-23)21-19(25)22(4)12-15-13-28-17(20-15)14(2)3/h13-14,16H,5-12H2,1-4H3,(H,21,25). The van der Waals surface area contributed by atoms with Crippen LogP contribution in [0.5, 0.6) is 0 Å².